The summed E-state index contributed by atoms with van der Waals surface area (Å²) in [4.78, 5) is 11.8. The third-order valence-electron chi connectivity index (χ3n) is 3.10. The van der Waals surface area contributed by atoms with Gasteiger partial charge in [-0.3, -0.25) is 4.79 Å². The van der Waals surface area contributed by atoms with Crippen molar-refractivity contribution in [2.24, 2.45) is 0 Å². The number of hydrogen-bond donors (Lipinski definition) is 0. The Morgan fingerprint density at radius 1 is 1.31 bits per heavy atom. The Balaban J connectivity index is 3.12. The zero-order chi connectivity index (χ0) is 12.4. The molecule has 0 aromatic carbocycles. The molecule has 0 saturated carbocycles. The van der Waals surface area contributed by atoms with Crippen LogP contribution in [0.1, 0.15) is 32.6 Å². The van der Waals surface area contributed by atoms with Crippen molar-refractivity contribution in [3.8, 4) is 0 Å². The smallest absolute Gasteiger partial charge is 0.327 e. The van der Waals surface area contributed by atoms with Crippen molar-refractivity contribution >= 4 is 16.0 Å². The second-order valence-corrected chi connectivity index (χ2v) is 6.32. The maximum Gasteiger partial charge on any atom is 0.327 e. The number of nitrogens with zero attached hydrogens (tertiary/aromatic N) is 1. The molecule has 1 heterocycles. The van der Waals surface area contributed by atoms with Crippen molar-refractivity contribution in [2.45, 2.75) is 38.1 Å². The van der Waals surface area contributed by atoms with Crippen LogP contribution in [-0.2, 0) is 19.6 Å². The molecule has 0 amide bonds. The average molecular weight is 249 g/mol. The van der Waals surface area contributed by atoms with Gasteiger partial charge in [0.25, 0.3) is 0 Å². The first-order valence-corrected chi connectivity index (χ1v) is 7.23. The maximum absolute atomic E-state index is 11.8. The lowest BCUT2D eigenvalue weighted by Gasteiger charge is -2.35. The number of methoxy groups -OCH3 is 1. The third-order valence-corrected chi connectivity index (χ3v) is 4.49. The van der Waals surface area contributed by atoms with Crippen molar-refractivity contribution in [1.29, 1.82) is 0 Å². The van der Waals surface area contributed by atoms with Gasteiger partial charge in [-0.1, -0.05) is 12.8 Å². The van der Waals surface area contributed by atoms with Crippen LogP contribution in [0.3, 0.4) is 0 Å². The summed E-state index contributed by atoms with van der Waals surface area (Å²) in [7, 11) is -2.09. The second kappa shape index (κ2) is 4.71. The molecule has 1 saturated heterocycles. The molecule has 0 aromatic heterocycles. The normalized spacial score (nSPS) is 28.4. The van der Waals surface area contributed by atoms with E-state index in [-0.39, 0.29) is 0 Å². The molecular weight excluding hydrogens is 230 g/mol. The van der Waals surface area contributed by atoms with Gasteiger partial charge in [0.2, 0.25) is 10.0 Å². The van der Waals surface area contributed by atoms with Crippen molar-refractivity contribution in [3.05, 3.63) is 0 Å². The van der Waals surface area contributed by atoms with E-state index in [1.807, 2.05) is 0 Å². The molecule has 0 spiro atoms. The summed E-state index contributed by atoms with van der Waals surface area (Å²) in [6, 6.07) is 0. The SMILES string of the molecule is COC(=O)C1(C)CCCCCN1S(C)(=O)=O. The van der Waals surface area contributed by atoms with Crippen LogP contribution in [0.25, 0.3) is 0 Å². The number of ether oxygens (including phenoxy) is 1. The predicted molar refractivity (Wildman–Crippen MR) is 60.4 cm³/mol. The number of carbonyl (C=O) groups excluding carboxylic acids is 1. The largest absolute Gasteiger partial charge is 0.468 e. The number of carbonyl (C=O) groups is 1. The number of hydrogen-bond acceptors (Lipinski definition) is 4. The molecule has 1 fully saturated rings. The fraction of sp³-hybridized carbons (Fsp3) is 0.900. The van der Waals surface area contributed by atoms with Crippen LogP contribution < -0.4 is 0 Å². The van der Waals surface area contributed by atoms with E-state index in [0.717, 1.165) is 25.5 Å². The lowest BCUT2D eigenvalue weighted by molar-refractivity contribution is -0.151. The van der Waals surface area contributed by atoms with Crippen LogP contribution in [0, 0.1) is 0 Å². The van der Waals surface area contributed by atoms with Crippen molar-refractivity contribution in [3.63, 3.8) is 0 Å². The third kappa shape index (κ3) is 2.55. The van der Waals surface area contributed by atoms with Gasteiger partial charge >= 0.3 is 5.97 Å². The molecule has 1 unspecified atom stereocenters. The highest BCUT2D eigenvalue weighted by atomic mass is 32.2. The van der Waals surface area contributed by atoms with Crippen molar-refractivity contribution in [2.75, 3.05) is 19.9 Å². The molecule has 1 aliphatic rings. The number of sulfonamides is 1. The average Bonchev–Trinajstić information content (AvgIpc) is 2.38. The summed E-state index contributed by atoms with van der Waals surface area (Å²) in [6.07, 6.45) is 4.24. The van der Waals surface area contributed by atoms with E-state index >= 15 is 0 Å². The molecule has 0 radical (unpaired) electrons. The highest BCUT2D eigenvalue weighted by Gasteiger charge is 2.45. The molecule has 16 heavy (non-hydrogen) atoms. The van der Waals surface area contributed by atoms with Crippen LogP contribution >= 0.6 is 0 Å². The predicted octanol–water partition coefficient (Wildman–Crippen LogP) is 0.754. The summed E-state index contributed by atoms with van der Waals surface area (Å²) in [5.41, 5.74) is -1.04. The van der Waals surface area contributed by atoms with Gasteiger partial charge in [-0.15, -0.1) is 0 Å². The van der Waals surface area contributed by atoms with Gasteiger partial charge in [-0.05, 0) is 19.8 Å². The first-order chi connectivity index (χ1) is 7.32. The van der Waals surface area contributed by atoms with E-state index < -0.39 is 21.5 Å². The fourth-order valence-electron chi connectivity index (χ4n) is 2.23. The Hall–Kier alpha value is -0.620. The van der Waals surface area contributed by atoms with E-state index in [2.05, 4.69) is 0 Å². The van der Waals surface area contributed by atoms with E-state index in [1.54, 1.807) is 6.92 Å². The van der Waals surface area contributed by atoms with Crippen LogP contribution in [0.4, 0.5) is 0 Å². The van der Waals surface area contributed by atoms with Gasteiger partial charge in [0.15, 0.2) is 0 Å². The molecule has 1 aliphatic heterocycles. The fourth-order valence-corrected chi connectivity index (χ4v) is 3.59. The van der Waals surface area contributed by atoms with Gasteiger partial charge in [0, 0.05) is 6.54 Å². The molecule has 0 bridgehead atoms. The molecule has 94 valence electrons. The second-order valence-electron chi connectivity index (χ2n) is 4.41. The first-order valence-electron chi connectivity index (χ1n) is 5.38. The minimum atomic E-state index is -3.38. The molecule has 1 atom stereocenters. The van der Waals surface area contributed by atoms with E-state index in [9.17, 15) is 13.2 Å². The van der Waals surface area contributed by atoms with Crippen LogP contribution in [-0.4, -0.2) is 44.1 Å². The Kier molecular flexibility index (Phi) is 3.96. The van der Waals surface area contributed by atoms with Crippen LogP contribution in [0.2, 0.25) is 0 Å². The summed E-state index contributed by atoms with van der Waals surface area (Å²) in [5.74, 6) is -0.472. The molecular formula is C10H19NO4S. The van der Waals surface area contributed by atoms with Crippen molar-refractivity contribution in [1.82, 2.24) is 4.31 Å². The molecule has 5 nitrogen and oxygen atoms in total. The minimum absolute atomic E-state index is 0.393. The van der Waals surface area contributed by atoms with Crippen LogP contribution in [0.15, 0.2) is 0 Å². The zero-order valence-electron chi connectivity index (χ0n) is 10.0. The first kappa shape index (κ1) is 13.4. The summed E-state index contributed by atoms with van der Waals surface area (Å²) in [6.45, 7) is 2.04. The molecule has 0 aliphatic carbocycles. The van der Waals surface area contributed by atoms with Gasteiger partial charge in [0.1, 0.15) is 5.54 Å². The number of rotatable bonds is 2. The molecule has 0 N–H and O–H groups in total. The Bertz CT molecular complexity index is 365. The summed E-state index contributed by atoms with van der Waals surface area (Å²) < 4.78 is 29.4. The highest BCUT2D eigenvalue weighted by molar-refractivity contribution is 7.88. The van der Waals surface area contributed by atoms with Gasteiger partial charge in [0.05, 0.1) is 13.4 Å². The molecule has 1 rings (SSSR count). The van der Waals surface area contributed by atoms with E-state index in [4.69, 9.17) is 4.74 Å². The molecule has 6 heteroatoms. The van der Waals surface area contributed by atoms with Gasteiger partial charge < -0.3 is 4.74 Å². The van der Waals surface area contributed by atoms with Gasteiger partial charge in [-0.25, -0.2) is 8.42 Å². The summed E-state index contributed by atoms with van der Waals surface area (Å²) in [5, 5.41) is 0. The standard InChI is InChI=1S/C10H19NO4S/c1-10(9(12)15-2)7-5-4-6-8-11(10)16(3,13)14/h4-8H2,1-3H3. The lowest BCUT2D eigenvalue weighted by Crippen LogP contribution is -2.54. The van der Waals surface area contributed by atoms with Crippen molar-refractivity contribution < 1.29 is 17.9 Å². The van der Waals surface area contributed by atoms with Gasteiger partial charge in [-0.2, -0.15) is 4.31 Å². The highest BCUT2D eigenvalue weighted by Crippen LogP contribution is 2.30. The van der Waals surface area contributed by atoms with E-state index in [1.165, 1.54) is 11.4 Å². The quantitative estimate of drug-likeness (QED) is 0.678. The van der Waals surface area contributed by atoms with E-state index in [0.29, 0.717) is 13.0 Å². The lowest BCUT2D eigenvalue weighted by atomic mass is 9.96. The zero-order valence-corrected chi connectivity index (χ0v) is 10.8. The Morgan fingerprint density at radius 2 is 1.94 bits per heavy atom. The Labute approximate surface area is 96.8 Å². The topological polar surface area (TPSA) is 63.7 Å². The Morgan fingerprint density at radius 3 is 2.44 bits per heavy atom. The van der Waals surface area contributed by atoms with Crippen LogP contribution in [0.5, 0.6) is 0 Å². The maximum atomic E-state index is 11.8. The minimum Gasteiger partial charge on any atom is -0.468 e. The molecule has 0 aromatic rings. The monoisotopic (exact) mass is 249 g/mol. The summed E-state index contributed by atoms with van der Waals surface area (Å²) >= 11 is 0. The number of esters is 1.